The van der Waals surface area contributed by atoms with Crippen molar-refractivity contribution in [3.8, 4) is 0 Å². The highest BCUT2D eigenvalue weighted by molar-refractivity contribution is 5.98. The van der Waals surface area contributed by atoms with Gasteiger partial charge in [0.1, 0.15) is 0 Å². The largest absolute Gasteiger partial charge is 0.332 e. The maximum atomic E-state index is 13.1. The molecule has 0 aliphatic heterocycles. The molecule has 0 aliphatic carbocycles. The Kier molecular flexibility index (Phi) is 6.96. The summed E-state index contributed by atoms with van der Waals surface area (Å²) >= 11 is 0. The molecule has 0 radical (unpaired) electrons. The Morgan fingerprint density at radius 1 is 0.759 bits per heavy atom. The SMILES string of the molecule is CCN(C(=O)CCC(=O)c1ccc(C)cc1)C(c1ccccc1)c1ccccc1. The van der Waals surface area contributed by atoms with Gasteiger partial charge in [-0.1, -0.05) is 90.5 Å². The van der Waals surface area contributed by atoms with Gasteiger partial charge in [-0.2, -0.15) is 0 Å². The van der Waals surface area contributed by atoms with Crippen molar-refractivity contribution in [1.82, 2.24) is 4.90 Å². The summed E-state index contributed by atoms with van der Waals surface area (Å²) in [5.41, 5.74) is 3.91. The summed E-state index contributed by atoms with van der Waals surface area (Å²) in [7, 11) is 0. The second-order valence-corrected chi connectivity index (χ2v) is 7.19. The van der Waals surface area contributed by atoms with Crippen molar-refractivity contribution in [3.63, 3.8) is 0 Å². The first kappa shape index (κ1) is 20.5. The molecule has 3 rings (SSSR count). The fourth-order valence-electron chi connectivity index (χ4n) is 3.57. The van der Waals surface area contributed by atoms with Crippen LogP contribution in [0, 0.1) is 6.92 Å². The summed E-state index contributed by atoms with van der Waals surface area (Å²) < 4.78 is 0. The number of carbonyl (C=O) groups is 2. The Bertz CT molecular complexity index is 894. The van der Waals surface area contributed by atoms with Gasteiger partial charge in [0.15, 0.2) is 5.78 Å². The first-order valence-corrected chi connectivity index (χ1v) is 10.1. The van der Waals surface area contributed by atoms with Crippen LogP contribution in [0.1, 0.15) is 52.9 Å². The third-order valence-corrected chi connectivity index (χ3v) is 5.14. The van der Waals surface area contributed by atoms with Crippen LogP contribution in [0.5, 0.6) is 0 Å². The Morgan fingerprint density at radius 2 is 1.28 bits per heavy atom. The monoisotopic (exact) mass is 385 g/mol. The van der Waals surface area contributed by atoms with Crippen molar-refractivity contribution < 1.29 is 9.59 Å². The lowest BCUT2D eigenvalue weighted by molar-refractivity contribution is -0.132. The Labute approximate surface area is 173 Å². The van der Waals surface area contributed by atoms with Gasteiger partial charge in [0.2, 0.25) is 5.91 Å². The van der Waals surface area contributed by atoms with Crippen LogP contribution in [-0.2, 0) is 4.79 Å². The molecule has 0 atom stereocenters. The second-order valence-electron chi connectivity index (χ2n) is 7.19. The van der Waals surface area contributed by atoms with Crippen molar-refractivity contribution in [2.45, 2.75) is 32.7 Å². The van der Waals surface area contributed by atoms with Crippen molar-refractivity contribution in [2.24, 2.45) is 0 Å². The van der Waals surface area contributed by atoms with Gasteiger partial charge in [-0.25, -0.2) is 0 Å². The Morgan fingerprint density at radius 3 is 1.76 bits per heavy atom. The van der Waals surface area contributed by atoms with Crippen LogP contribution in [0.4, 0.5) is 0 Å². The molecule has 0 aliphatic rings. The summed E-state index contributed by atoms with van der Waals surface area (Å²) in [6, 6.07) is 27.4. The number of rotatable bonds is 8. The number of amides is 1. The fourth-order valence-corrected chi connectivity index (χ4v) is 3.57. The van der Waals surface area contributed by atoms with E-state index in [1.54, 1.807) is 0 Å². The molecule has 0 saturated heterocycles. The molecule has 3 aromatic rings. The van der Waals surface area contributed by atoms with Gasteiger partial charge in [-0.05, 0) is 25.0 Å². The van der Waals surface area contributed by atoms with E-state index in [0.717, 1.165) is 16.7 Å². The number of carbonyl (C=O) groups excluding carboxylic acids is 2. The van der Waals surface area contributed by atoms with E-state index in [2.05, 4.69) is 0 Å². The number of aryl methyl sites for hydroxylation is 1. The van der Waals surface area contributed by atoms with E-state index in [1.165, 1.54) is 0 Å². The fraction of sp³-hybridized carbons (Fsp3) is 0.231. The average Bonchev–Trinajstić information content (AvgIpc) is 2.77. The summed E-state index contributed by atoms with van der Waals surface area (Å²) in [5.74, 6) is -0.00366. The van der Waals surface area contributed by atoms with Crippen molar-refractivity contribution >= 4 is 11.7 Å². The van der Waals surface area contributed by atoms with Gasteiger partial charge in [0.05, 0.1) is 6.04 Å². The first-order chi connectivity index (χ1) is 14.1. The maximum absolute atomic E-state index is 13.1. The highest BCUT2D eigenvalue weighted by Crippen LogP contribution is 2.29. The summed E-state index contributed by atoms with van der Waals surface area (Å²) in [6.45, 7) is 4.55. The van der Waals surface area contributed by atoms with Gasteiger partial charge < -0.3 is 4.90 Å². The maximum Gasteiger partial charge on any atom is 0.223 e. The molecule has 1 amide bonds. The highest BCUT2D eigenvalue weighted by Gasteiger charge is 2.25. The Balaban J connectivity index is 1.78. The van der Waals surface area contributed by atoms with Gasteiger partial charge >= 0.3 is 0 Å². The van der Waals surface area contributed by atoms with Crippen LogP contribution in [0.25, 0.3) is 0 Å². The van der Waals surface area contributed by atoms with E-state index in [-0.39, 0.29) is 30.6 Å². The summed E-state index contributed by atoms with van der Waals surface area (Å²) in [5, 5.41) is 0. The van der Waals surface area contributed by atoms with E-state index in [4.69, 9.17) is 0 Å². The zero-order chi connectivity index (χ0) is 20.6. The van der Waals surface area contributed by atoms with E-state index in [1.807, 2.05) is 104 Å². The molecule has 3 heteroatoms. The van der Waals surface area contributed by atoms with Gasteiger partial charge in [-0.3, -0.25) is 9.59 Å². The van der Waals surface area contributed by atoms with Crippen molar-refractivity contribution in [1.29, 1.82) is 0 Å². The third kappa shape index (κ3) is 5.20. The van der Waals surface area contributed by atoms with Crippen molar-refractivity contribution in [3.05, 3.63) is 107 Å². The minimum absolute atomic E-state index is 0.00498. The topological polar surface area (TPSA) is 37.4 Å². The molecule has 0 unspecified atom stereocenters. The molecule has 29 heavy (non-hydrogen) atoms. The standard InChI is InChI=1S/C26H27NO2/c1-3-27(25(29)19-18-24(28)21-16-14-20(2)15-17-21)26(22-10-6-4-7-11-22)23-12-8-5-9-13-23/h4-17,26H,3,18-19H2,1-2H3. The zero-order valence-corrected chi connectivity index (χ0v) is 17.0. The zero-order valence-electron chi connectivity index (χ0n) is 17.0. The molecular weight excluding hydrogens is 358 g/mol. The minimum Gasteiger partial charge on any atom is -0.332 e. The molecule has 0 spiro atoms. The van der Waals surface area contributed by atoms with Crippen molar-refractivity contribution in [2.75, 3.05) is 6.54 Å². The predicted molar refractivity (Wildman–Crippen MR) is 117 cm³/mol. The smallest absolute Gasteiger partial charge is 0.223 e. The second kappa shape index (κ2) is 9.83. The Hall–Kier alpha value is -3.20. The average molecular weight is 386 g/mol. The van der Waals surface area contributed by atoms with Crippen LogP contribution in [0.2, 0.25) is 0 Å². The molecule has 0 aromatic heterocycles. The van der Waals surface area contributed by atoms with E-state index < -0.39 is 0 Å². The number of nitrogens with zero attached hydrogens (tertiary/aromatic N) is 1. The number of hydrogen-bond acceptors (Lipinski definition) is 2. The molecule has 3 nitrogen and oxygen atoms in total. The molecular formula is C26H27NO2. The van der Waals surface area contributed by atoms with Crippen LogP contribution in [0.3, 0.4) is 0 Å². The number of Topliss-reactive ketones (excluding diaryl/α,β-unsaturated/α-hetero) is 1. The lowest BCUT2D eigenvalue weighted by Crippen LogP contribution is -2.35. The number of hydrogen-bond donors (Lipinski definition) is 0. The van der Waals surface area contributed by atoms with Gasteiger partial charge in [0.25, 0.3) is 0 Å². The quantitative estimate of drug-likeness (QED) is 0.474. The molecule has 0 N–H and O–H groups in total. The molecule has 0 saturated carbocycles. The summed E-state index contributed by atoms with van der Waals surface area (Å²) in [4.78, 5) is 27.5. The third-order valence-electron chi connectivity index (χ3n) is 5.14. The number of ketones is 1. The normalized spacial score (nSPS) is 10.7. The van der Waals surface area contributed by atoms with E-state index >= 15 is 0 Å². The molecule has 148 valence electrons. The minimum atomic E-state index is -0.163. The summed E-state index contributed by atoms with van der Waals surface area (Å²) in [6.07, 6.45) is 0.422. The van der Waals surface area contributed by atoms with Crippen LogP contribution in [-0.4, -0.2) is 23.1 Å². The van der Waals surface area contributed by atoms with Crippen LogP contribution < -0.4 is 0 Å². The van der Waals surface area contributed by atoms with E-state index in [0.29, 0.717) is 12.1 Å². The lowest BCUT2D eigenvalue weighted by Gasteiger charge is -2.32. The molecule has 0 fully saturated rings. The lowest BCUT2D eigenvalue weighted by atomic mass is 9.96. The molecule has 0 bridgehead atoms. The van der Waals surface area contributed by atoms with E-state index in [9.17, 15) is 9.59 Å². The number of benzene rings is 3. The van der Waals surface area contributed by atoms with Crippen LogP contribution >= 0.6 is 0 Å². The molecule has 0 heterocycles. The van der Waals surface area contributed by atoms with Gasteiger partial charge in [-0.15, -0.1) is 0 Å². The highest BCUT2D eigenvalue weighted by atomic mass is 16.2. The van der Waals surface area contributed by atoms with Crippen LogP contribution in [0.15, 0.2) is 84.9 Å². The molecule has 3 aromatic carbocycles. The predicted octanol–water partition coefficient (Wildman–Crippen LogP) is 5.60. The van der Waals surface area contributed by atoms with Gasteiger partial charge in [0, 0.05) is 24.9 Å². The first-order valence-electron chi connectivity index (χ1n) is 10.1.